The number of hydrogen-bond donors (Lipinski definition) is 1. The van der Waals surface area contributed by atoms with Crippen LogP contribution in [-0.4, -0.2) is 23.7 Å². The Morgan fingerprint density at radius 3 is 2.58 bits per heavy atom. The van der Waals surface area contributed by atoms with Gasteiger partial charge in [0.1, 0.15) is 5.75 Å². The number of nitrogens with zero attached hydrogens (tertiary/aromatic N) is 2. The number of nitro benzene ring substituents is 1. The van der Waals surface area contributed by atoms with Crippen LogP contribution in [0.25, 0.3) is 6.08 Å². The van der Waals surface area contributed by atoms with Crippen molar-refractivity contribution in [3.63, 3.8) is 0 Å². The third-order valence-corrected chi connectivity index (χ3v) is 3.59. The first-order valence-corrected chi connectivity index (χ1v) is 7.89. The van der Waals surface area contributed by atoms with Gasteiger partial charge in [0.15, 0.2) is 6.61 Å². The SMILES string of the molecule is Cc1ccc(OCC(=O)N/N=C/C=C/c2ccc([N+](=O)[O-])cc2)cc1C. The van der Waals surface area contributed by atoms with Crippen LogP contribution < -0.4 is 10.2 Å². The van der Waals surface area contributed by atoms with Gasteiger partial charge in [0, 0.05) is 18.3 Å². The van der Waals surface area contributed by atoms with Crippen LogP contribution in [0.2, 0.25) is 0 Å². The van der Waals surface area contributed by atoms with Crippen molar-refractivity contribution in [3.05, 3.63) is 75.3 Å². The van der Waals surface area contributed by atoms with Gasteiger partial charge in [0.25, 0.3) is 11.6 Å². The van der Waals surface area contributed by atoms with Gasteiger partial charge in [-0.3, -0.25) is 14.9 Å². The van der Waals surface area contributed by atoms with E-state index in [0.717, 1.165) is 16.7 Å². The number of carbonyl (C=O) groups is 1. The molecule has 0 aliphatic carbocycles. The molecule has 26 heavy (non-hydrogen) atoms. The number of nitrogens with one attached hydrogen (secondary N) is 1. The van der Waals surface area contributed by atoms with Crippen molar-refractivity contribution in [1.82, 2.24) is 5.43 Å². The van der Waals surface area contributed by atoms with Crippen molar-refractivity contribution in [1.29, 1.82) is 0 Å². The number of hydrogen-bond acceptors (Lipinski definition) is 5. The summed E-state index contributed by atoms with van der Waals surface area (Å²) in [6.45, 7) is 3.85. The first kappa shape index (κ1) is 18.9. The largest absolute Gasteiger partial charge is 0.484 e. The van der Waals surface area contributed by atoms with Crippen LogP contribution in [0.3, 0.4) is 0 Å². The van der Waals surface area contributed by atoms with Gasteiger partial charge in [-0.2, -0.15) is 5.10 Å². The average Bonchev–Trinajstić information content (AvgIpc) is 2.63. The fourth-order valence-electron chi connectivity index (χ4n) is 2.00. The number of aryl methyl sites for hydroxylation is 2. The minimum atomic E-state index is -0.454. The second-order valence-corrected chi connectivity index (χ2v) is 5.56. The summed E-state index contributed by atoms with van der Waals surface area (Å²) in [4.78, 5) is 21.8. The minimum absolute atomic E-state index is 0.0341. The zero-order chi connectivity index (χ0) is 18.9. The lowest BCUT2D eigenvalue weighted by atomic mass is 10.1. The van der Waals surface area contributed by atoms with E-state index in [1.54, 1.807) is 24.3 Å². The summed E-state index contributed by atoms with van der Waals surface area (Å²) in [5.74, 6) is 0.258. The highest BCUT2D eigenvalue weighted by Crippen LogP contribution is 2.16. The van der Waals surface area contributed by atoms with Gasteiger partial charge in [0.2, 0.25) is 0 Å². The summed E-state index contributed by atoms with van der Waals surface area (Å²) >= 11 is 0. The van der Waals surface area contributed by atoms with Crippen LogP contribution in [0.5, 0.6) is 5.75 Å². The first-order valence-electron chi connectivity index (χ1n) is 7.89. The Morgan fingerprint density at radius 1 is 1.19 bits per heavy atom. The van der Waals surface area contributed by atoms with Crippen molar-refractivity contribution in [2.75, 3.05) is 6.61 Å². The maximum absolute atomic E-state index is 11.7. The molecule has 0 radical (unpaired) electrons. The lowest BCUT2D eigenvalue weighted by Gasteiger charge is -2.07. The van der Waals surface area contributed by atoms with Crippen molar-refractivity contribution in [3.8, 4) is 5.75 Å². The standard InChI is InChI=1S/C19H19N3O4/c1-14-5-10-18(12-15(14)2)26-13-19(23)21-20-11-3-4-16-6-8-17(9-7-16)22(24)25/h3-12H,13H2,1-2H3,(H,21,23)/b4-3+,20-11+. The van der Waals surface area contributed by atoms with Crippen LogP contribution in [0.1, 0.15) is 16.7 Å². The van der Waals surface area contributed by atoms with Crippen LogP contribution >= 0.6 is 0 Å². The lowest BCUT2D eigenvalue weighted by molar-refractivity contribution is -0.384. The fraction of sp³-hybridized carbons (Fsp3) is 0.158. The van der Waals surface area contributed by atoms with Gasteiger partial charge < -0.3 is 4.74 Å². The zero-order valence-electron chi connectivity index (χ0n) is 14.5. The van der Waals surface area contributed by atoms with Crippen molar-refractivity contribution >= 4 is 23.9 Å². The molecule has 0 aliphatic heterocycles. The van der Waals surface area contributed by atoms with Crippen LogP contribution in [0, 0.1) is 24.0 Å². The molecule has 0 heterocycles. The summed E-state index contributed by atoms with van der Waals surface area (Å²) in [5, 5.41) is 14.3. The molecule has 7 nitrogen and oxygen atoms in total. The molecule has 7 heteroatoms. The molecule has 0 unspecified atom stereocenters. The van der Waals surface area contributed by atoms with E-state index in [-0.39, 0.29) is 18.2 Å². The summed E-state index contributed by atoms with van der Waals surface area (Å²) < 4.78 is 5.40. The molecule has 0 bridgehead atoms. The highest BCUT2D eigenvalue weighted by Gasteiger charge is 2.03. The van der Waals surface area contributed by atoms with E-state index in [1.165, 1.54) is 18.3 Å². The van der Waals surface area contributed by atoms with Crippen molar-refractivity contribution in [2.24, 2.45) is 5.10 Å². The van der Waals surface area contributed by atoms with E-state index < -0.39 is 4.92 Å². The quantitative estimate of drug-likeness (QED) is 0.469. The number of rotatable bonds is 7. The molecule has 0 saturated heterocycles. The van der Waals surface area contributed by atoms with Gasteiger partial charge in [-0.25, -0.2) is 5.43 Å². The van der Waals surface area contributed by atoms with Gasteiger partial charge >= 0.3 is 0 Å². The summed E-state index contributed by atoms with van der Waals surface area (Å²) in [5.41, 5.74) is 5.43. The van der Waals surface area contributed by atoms with Gasteiger partial charge in [-0.1, -0.05) is 12.1 Å². The van der Waals surface area contributed by atoms with Crippen LogP contribution in [-0.2, 0) is 4.79 Å². The second kappa shape index (κ2) is 9.12. The number of nitro groups is 1. The molecular weight excluding hydrogens is 334 g/mol. The van der Waals surface area contributed by atoms with Crippen molar-refractivity contribution < 1.29 is 14.5 Å². The Labute approximate surface area is 151 Å². The molecule has 0 fully saturated rings. The summed E-state index contributed by atoms with van der Waals surface area (Å²) in [6.07, 6.45) is 4.74. The maximum atomic E-state index is 11.7. The number of amides is 1. The second-order valence-electron chi connectivity index (χ2n) is 5.56. The maximum Gasteiger partial charge on any atom is 0.277 e. The minimum Gasteiger partial charge on any atom is -0.484 e. The highest BCUT2D eigenvalue weighted by molar-refractivity contribution is 5.82. The predicted octanol–water partition coefficient (Wildman–Crippen LogP) is 3.41. The molecule has 2 rings (SSSR count). The molecule has 0 aromatic heterocycles. The van der Waals surface area contributed by atoms with E-state index >= 15 is 0 Å². The van der Waals surface area contributed by atoms with Crippen molar-refractivity contribution in [2.45, 2.75) is 13.8 Å². The van der Waals surface area contributed by atoms with Gasteiger partial charge in [0.05, 0.1) is 4.92 Å². The van der Waals surface area contributed by atoms with Crippen LogP contribution in [0.4, 0.5) is 5.69 Å². The van der Waals surface area contributed by atoms with Gasteiger partial charge in [-0.15, -0.1) is 0 Å². The van der Waals surface area contributed by atoms with Crippen LogP contribution in [0.15, 0.2) is 53.6 Å². The fourth-order valence-corrected chi connectivity index (χ4v) is 2.00. The Morgan fingerprint density at radius 2 is 1.92 bits per heavy atom. The lowest BCUT2D eigenvalue weighted by Crippen LogP contribution is -2.24. The molecule has 0 spiro atoms. The number of benzene rings is 2. The Bertz CT molecular complexity index is 842. The Balaban J connectivity index is 1.75. The molecule has 0 saturated carbocycles. The first-order chi connectivity index (χ1) is 12.5. The predicted molar refractivity (Wildman–Crippen MR) is 100 cm³/mol. The molecule has 2 aromatic rings. The molecule has 134 valence electrons. The zero-order valence-corrected chi connectivity index (χ0v) is 14.5. The molecular formula is C19H19N3O4. The average molecular weight is 353 g/mol. The summed E-state index contributed by atoms with van der Waals surface area (Å²) in [7, 11) is 0. The number of allylic oxidation sites excluding steroid dienone is 1. The van der Waals surface area contributed by atoms with Gasteiger partial charge in [-0.05, 0) is 60.9 Å². The monoisotopic (exact) mass is 353 g/mol. The molecule has 0 aliphatic rings. The molecule has 0 atom stereocenters. The molecule has 1 N–H and O–H groups in total. The van der Waals surface area contributed by atoms with E-state index in [2.05, 4.69) is 10.5 Å². The molecule has 2 aromatic carbocycles. The highest BCUT2D eigenvalue weighted by atomic mass is 16.6. The number of non-ortho nitro benzene ring substituents is 1. The Hall–Kier alpha value is -3.48. The molecule has 1 amide bonds. The Kier molecular flexibility index (Phi) is 6.61. The van der Waals surface area contributed by atoms with E-state index in [4.69, 9.17) is 4.74 Å². The summed E-state index contributed by atoms with van der Waals surface area (Å²) in [6, 6.07) is 11.7. The topological polar surface area (TPSA) is 93.8 Å². The normalized spacial score (nSPS) is 11.0. The van der Waals surface area contributed by atoms with E-state index in [1.807, 2.05) is 32.0 Å². The third-order valence-electron chi connectivity index (χ3n) is 3.59. The number of carbonyl (C=O) groups excluding carboxylic acids is 1. The smallest absolute Gasteiger partial charge is 0.277 e. The number of hydrazone groups is 1. The van der Waals surface area contributed by atoms with E-state index in [0.29, 0.717) is 5.75 Å². The van der Waals surface area contributed by atoms with E-state index in [9.17, 15) is 14.9 Å². The third kappa shape index (κ3) is 5.86. The number of ether oxygens (including phenoxy) is 1.